The van der Waals surface area contributed by atoms with Gasteiger partial charge in [0.25, 0.3) is 0 Å². The molecule has 4 fully saturated rings. The van der Waals surface area contributed by atoms with Crippen LogP contribution in [0.2, 0.25) is 0 Å². The average molecular weight is 845 g/mol. The van der Waals surface area contributed by atoms with Gasteiger partial charge in [0.2, 0.25) is 0 Å². The second kappa shape index (κ2) is 16.0. The molecule has 332 valence electrons. The van der Waals surface area contributed by atoms with E-state index in [0.717, 1.165) is 11.8 Å². The van der Waals surface area contributed by atoms with Crippen LogP contribution in [0.4, 0.5) is 0 Å². The Hall–Kier alpha value is -4.68. The van der Waals surface area contributed by atoms with Crippen LogP contribution in [0.5, 0.6) is 0 Å². The number of hydrogen-bond donors (Lipinski definition) is 0. The zero-order valence-electron chi connectivity index (χ0n) is 42.5. The molecule has 0 unspecified atom stereocenters. The van der Waals surface area contributed by atoms with Crippen LogP contribution in [0.15, 0.2) is 72.8 Å². The molecule has 4 aliphatic carbocycles. The van der Waals surface area contributed by atoms with Gasteiger partial charge in [0.1, 0.15) is 0 Å². The Balaban J connectivity index is 1.22. The van der Waals surface area contributed by atoms with Crippen LogP contribution >= 0.6 is 0 Å². The van der Waals surface area contributed by atoms with Gasteiger partial charge in [-0.25, -0.2) is 0 Å². The van der Waals surface area contributed by atoms with Gasteiger partial charge in [-0.3, -0.25) is 0 Å². The lowest BCUT2D eigenvalue weighted by atomic mass is 9.41. The Morgan fingerprint density at radius 2 is 0.562 bits per heavy atom. The summed E-state index contributed by atoms with van der Waals surface area (Å²) >= 11 is 0. The van der Waals surface area contributed by atoms with Gasteiger partial charge < -0.3 is 0 Å². The fraction of sp³-hybridized carbons (Fsp3) is 0.438. The van der Waals surface area contributed by atoms with Crippen LogP contribution < -0.4 is 0 Å². The van der Waals surface area contributed by atoms with Gasteiger partial charge >= 0.3 is 0 Å². The van der Waals surface area contributed by atoms with E-state index in [2.05, 4.69) is 184 Å². The quantitative estimate of drug-likeness (QED) is 0.134. The molecule has 0 N–H and O–H groups in total. The summed E-state index contributed by atoms with van der Waals surface area (Å²) in [7, 11) is 0. The minimum Gasteiger partial charge on any atom is -0.0558 e. The number of aryl methyl sites for hydroxylation is 14. The van der Waals surface area contributed by atoms with Crippen molar-refractivity contribution in [3.63, 3.8) is 0 Å². The molecule has 10 rings (SSSR count). The fourth-order valence-electron chi connectivity index (χ4n) is 14.1. The molecule has 4 aliphatic rings. The fourth-order valence-corrected chi connectivity index (χ4v) is 14.1. The zero-order chi connectivity index (χ0) is 45.9. The maximum atomic E-state index is 2.75. The molecule has 0 nitrogen and oxygen atoms in total. The molecule has 0 radical (unpaired) electrons. The highest BCUT2D eigenvalue weighted by Gasteiger charge is 2.59. The third-order valence-corrected chi connectivity index (χ3v) is 18.1. The van der Waals surface area contributed by atoms with Crippen LogP contribution in [-0.4, -0.2) is 0 Å². The lowest BCUT2D eigenvalue weighted by Gasteiger charge is -2.63. The highest BCUT2D eigenvalue weighted by molar-refractivity contribution is 5.59. The van der Waals surface area contributed by atoms with Crippen molar-refractivity contribution in [2.45, 2.75) is 172 Å². The van der Waals surface area contributed by atoms with Gasteiger partial charge in [0.15, 0.2) is 0 Å². The van der Waals surface area contributed by atoms with E-state index in [1.54, 1.807) is 11.1 Å². The summed E-state index contributed by atoms with van der Waals surface area (Å²) < 4.78 is 0. The molecular weight excluding hydrogens is 769 g/mol. The van der Waals surface area contributed by atoms with Crippen LogP contribution in [0, 0.1) is 123 Å². The summed E-state index contributed by atoms with van der Waals surface area (Å²) in [5.74, 6) is 1.89. The van der Waals surface area contributed by atoms with E-state index in [-0.39, 0.29) is 22.7 Å². The topological polar surface area (TPSA) is 0 Å². The molecule has 4 saturated carbocycles. The molecule has 6 aromatic rings. The van der Waals surface area contributed by atoms with Crippen LogP contribution in [-0.2, 0) is 10.8 Å². The molecular formula is C64H76. The van der Waals surface area contributed by atoms with Gasteiger partial charge in [-0.1, -0.05) is 72.8 Å². The lowest BCUT2D eigenvalue weighted by molar-refractivity contribution is -0.0282. The van der Waals surface area contributed by atoms with E-state index < -0.39 is 0 Å². The maximum Gasteiger partial charge on any atom is 0.0348 e. The first-order valence-electron chi connectivity index (χ1n) is 24.7. The van der Waals surface area contributed by atoms with Crippen molar-refractivity contribution < 1.29 is 0 Å². The van der Waals surface area contributed by atoms with Crippen molar-refractivity contribution in [3.05, 3.63) is 206 Å². The molecule has 6 aromatic carbocycles. The van der Waals surface area contributed by atoms with Crippen molar-refractivity contribution in [3.8, 4) is 0 Å². The minimum absolute atomic E-state index is 0.173. The average Bonchev–Trinajstić information content (AvgIpc) is 3.21. The van der Waals surface area contributed by atoms with E-state index >= 15 is 0 Å². The van der Waals surface area contributed by atoms with Crippen LogP contribution in [0.3, 0.4) is 0 Å². The normalized spacial score (nSPS) is 21.5. The van der Waals surface area contributed by atoms with Crippen molar-refractivity contribution in [1.82, 2.24) is 0 Å². The van der Waals surface area contributed by atoms with E-state index in [0.29, 0.717) is 0 Å². The number of hydrogen-bond acceptors (Lipinski definition) is 0. The van der Waals surface area contributed by atoms with Gasteiger partial charge in [-0.15, -0.1) is 0 Å². The lowest BCUT2D eigenvalue weighted by Crippen LogP contribution is -2.56. The Morgan fingerprint density at radius 1 is 0.297 bits per heavy atom. The number of rotatable bonds is 8. The Kier molecular flexibility index (Phi) is 11.2. The van der Waals surface area contributed by atoms with E-state index in [1.165, 1.54) is 161 Å². The molecule has 0 amide bonds. The Bertz CT molecular complexity index is 2550. The molecule has 64 heavy (non-hydrogen) atoms. The minimum atomic E-state index is 0.173. The van der Waals surface area contributed by atoms with Crippen molar-refractivity contribution in [1.29, 1.82) is 0 Å². The molecule has 0 aromatic heterocycles. The molecule has 0 atom stereocenters. The summed E-state index contributed by atoms with van der Waals surface area (Å²) in [6, 6.07) is 30.7. The predicted octanol–water partition coefficient (Wildman–Crippen LogP) is 16.8. The van der Waals surface area contributed by atoms with Gasteiger partial charge in [-0.2, -0.15) is 0 Å². The zero-order valence-corrected chi connectivity index (χ0v) is 42.5. The van der Waals surface area contributed by atoms with Crippen molar-refractivity contribution >= 4 is 0 Å². The second-order valence-corrected chi connectivity index (χ2v) is 22.6. The Morgan fingerprint density at radius 3 is 0.844 bits per heavy atom. The summed E-state index contributed by atoms with van der Waals surface area (Å²) in [5.41, 5.74) is 35.0. The first kappa shape index (κ1) is 44.5. The predicted molar refractivity (Wildman–Crippen MR) is 274 cm³/mol. The van der Waals surface area contributed by atoms with Crippen LogP contribution in [0.1, 0.15) is 184 Å². The van der Waals surface area contributed by atoms with Crippen LogP contribution in [0.25, 0.3) is 0 Å². The summed E-state index contributed by atoms with van der Waals surface area (Å²) in [5, 5.41) is 0. The van der Waals surface area contributed by atoms with E-state index in [4.69, 9.17) is 0 Å². The largest absolute Gasteiger partial charge is 0.0558 e. The molecule has 0 aliphatic heterocycles. The molecule has 0 spiro atoms. The van der Waals surface area contributed by atoms with Gasteiger partial charge in [0, 0.05) is 11.8 Å². The summed E-state index contributed by atoms with van der Waals surface area (Å²) in [4.78, 5) is 0. The molecule has 0 heterocycles. The molecule has 0 heteroatoms. The van der Waals surface area contributed by atoms with Crippen molar-refractivity contribution in [2.24, 2.45) is 11.8 Å². The van der Waals surface area contributed by atoms with Crippen molar-refractivity contribution in [2.75, 3.05) is 0 Å². The van der Waals surface area contributed by atoms with E-state index in [9.17, 15) is 0 Å². The second-order valence-electron chi connectivity index (χ2n) is 22.6. The molecule has 4 bridgehead atoms. The van der Waals surface area contributed by atoms with Gasteiger partial charge in [-0.05, 0) is 305 Å². The first-order valence-corrected chi connectivity index (χ1v) is 24.7. The number of benzene rings is 6. The monoisotopic (exact) mass is 845 g/mol. The summed E-state index contributed by atoms with van der Waals surface area (Å²) in [6.45, 7) is 37.4. The molecule has 0 saturated heterocycles. The van der Waals surface area contributed by atoms with E-state index in [1.807, 2.05) is 0 Å². The first-order chi connectivity index (χ1) is 30.2. The SMILES string of the molecule is Cc1cc(C)c(C(c2cc(C)c(C)cc2C)c2cc(C34CC5CC(C3)CC(c3cc(C)c(C)c(C(c6cc(C)c(C)cc6C)c6cc(C)c(C)cc6C)c3)(C5)C4)cc(C)c2C)cc1C. The highest BCUT2D eigenvalue weighted by Crippen LogP contribution is 2.67. The van der Waals surface area contributed by atoms with Gasteiger partial charge in [0.05, 0.1) is 0 Å². The highest BCUT2D eigenvalue weighted by atomic mass is 14.6. The Labute approximate surface area is 388 Å². The maximum absolute atomic E-state index is 2.75. The smallest absolute Gasteiger partial charge is 0.0348 e. The third kappa shape index (κ3) is 7.35. The summed E-state index contributed by atoms with van der Waals surface area (Å²) in [6.07, 6.45) is 7.96. The standard InChI is InChI=1S/C64H76/c1-35-17-45(11)55(23-39(35)5)61(56-24-40(6)36(2)18-46(56)12)59-28-53(21-43(9)49(59)15)63-30-51-27-52(31-63)33-64(32-51,34-63)54-22-44(10)50(16)60(29-54)62(57-25-41(7)37(3)19-47(57)13)58-26-42(8)38(4)20-48(58)14/h17-26,28-29,51-52,61-62H,27,30-34H2,1-16H3. The third-order valence-electron chi connectivity index (χ3n) is 18.1.